The molecule has 0 aliphatic heterocycles. The third kappa shape index (κ3) is 6.28. The van der Waals surface area contributed by atoms with E-state index in [-0.39, 0.29) is 12.5 Å². The van der Waals surface area contributed by atoms with Crippen molar-refractivity contribution >= 4 is 11.9 Å². The second-order valence-corrected chi connectivity index (χ2v) is 6.30. The Labute approximate surface area is 137 Å². The van der Waals surface area contributed by atoms with Crippen LogP contribution in [0.25, 0.3) is 0 Å². The van der Waals surface area contributed by atoms with E-state index < -0.39 is 11.4 Å². The number of carbonyl (C=O) groups is 2. The van der Waals surface area contributed by atoms with E-state index in [1.165, 1.54) is 4.90 Å². The van der Waals surface area contributed by atoms with Gasteiger partial charge in [-0.15, -0.1) is 0 Å². The molecule has 0 saturated carbocycles. The van der Waals surface area contributed by atoms with Gasteiger partial charge in [0.2, 0.25) is 0 Å². The molecule has 0 aliphatic rings. The molecule has 0 bridgehead atoms. The van der Waals surface area contributed by atoms with Crippen LogP contribution in [0.15, 0.2) is 24.3 Å². The molecule has 1 rings (SSSR count). The van der Waals surface area contributed by atoms with Crippen LogP contribution in [-0.4, -0.2) is 49.1 Å². The van der Waals surface area contributed by atoms with E-state index in [1.807, 2.05) is 24.3 Å². The maximum atomic E-state index is 11.6. The summed E-state index contributed by atoms with van der Waals surface area (Å²) in [5.74, 6) is -0.242. The van der Waals surface area contributed by atoms with Gasteiger partial charge in [-0.05, 0) is 32.9 Å². The summed E-state index contributed by atoms with van der Waals surface area (Å²) < 4.78 is 5.57. The van der Waals surface area contributed by atoms with Crippen molar-refractivity contribution in [2.45, 2.75) is 26.8 Å². The van der Waals surface area contributed by atoms with E-state index in [2.05, 4.69) is 5.32 Å². The van der Waals surface area contributed by atoms with Crippen LogP contribution in [0.2, 0.25) is 0 Å². The van der Waals surface area contributed by atoms with E-state index >= 15 is 0 Å². The smallest absolute Gasteiger partial charge is 0.309 e. The van der Waals surface area contributed by atoms with Crippen molar-refractivity contribution in [2.24, 2.45) is 5.41 Å². The third-order valence-electron chi connectivity index (χ3n) is 3.64. The highest BCUT2D eigenvalue weighted by Crippen LogP contribution is 2.20. The molecule has 1 aromatic rings. The molecule has 0 unspecified atom stereocenters. The minimum atomic E-state index is -0.801. The first kappa shape index (κ1) is 19.0. The number of rotatable bonds is 9. The Bertz CT molecular complexity index is 541. The van der Waals surface area contributed by atoms with Crippen molar-refractivity contribution in [3.05, 3.63) is 29.8 Å². The van der Waals surface area contributed by atoms with E-state index in [9.17, 15) is 9.59 Å². The number of likely N-dealkylation sites (N-methyl/N-ethyl adjacent to an activating group) is 1. The Hall–Kier alpha value is -2.08. The van der Waals surface area contributed by atoms with Crippen LogP contribution in [0.3, 0.4) is 0 Å². The van der Waals surface area contributed by atoms with E-state index in [4.69, 9.17) is 9.84 Å². The molecular formula is C17H26N2O4. The van der Waals surface area contributed by atoms with Crippen molar-refractivity contribution in [1.29, 1.82) is 0 Å². The van der Waals surface area contributed by atoms with Crippen molar-refractivity contribution in [3.8, 4) is 5.75 Å². The topological polar surface area (TPSA) is 78.9 Å². The molecule has 0 heterocycles. The zero-order valence-corrected chi connectivity index (χ0v) is 14.3. The van der Waals surface area contributed by atoms with E-state index in [0.29, 0.717) is 25.3 Å². The van der Waals surface area contributed by atoms with Crippen LogP contribution in [0.5, 0.6) is 5.75 Å². The number of amides is 1. The number of hydrogen-bond acceptors (Lipinski definition) is 4. The zero-order valence-electron chi connectivity index (χ0n) is 14.3. The minimum Gasteiger partial charge on any atom is -0.483 e. The van der Waals surface area contributed by atoms with Gasteiger partial charge >= 0.3 is 5.97 Å². The predicted octanol–water partition coefficient (Wildman–Crippen LogP) is 1.74. The van der Waals surface area contributed by atoms with Gasteiger partial charge in [-0.2, -0.15) is 0 Å². The fraction of sp³-hybridized carbons (Fsp3) is 0.529. The van der Waals surface area contributed by atoms with Gasteiger partial charge in [0.15, 0.2) is 6.61 Å². The lowest BCUT2D eigenvalue weighted by atomic mass is 9.90. The van der Waals surface area contributed by atoms with Gasteiger partial charge in [0.1, 0.15) is 5.75 Å². The molecule has 1 amide bonds. The number of aliphatic carboxylic acids is 1. The highest BCUT2D eigenvalue weighted by atomic mass is 16.5. The first-order valence-corrected chi connectivity index (χ1v) is 7.59. The molecule has 0 radical (unpaired) electrons. The first-order valence-electron chi connectivity index (χ1n) is 7.59. The number of para-hydroxylation sites is 1. The normalized spacial score (nSPS) is 11.1. The Balaban J connectivity index is 2.51. The molecule has 23 heavy (non-hydrogen) atoms. The molecule has 1 aromatic carbocycles. The van der Waals surface area contributed by atoms with Crippen LogP contribution in [0.4, 0.5) is 0 Å². The van der Waals surface area contributed by atoms with Crippen molar-refractivity contribution in [1.82, 2.24) is 10.2 Å². The Kier molecular flexibility index (Phi) is 7.03. The Morgan fingerprint density at radius 3 is 2.52 bits per heavy atom. The molecule has 6 nitrogen and oxygen atoms in total. The molecule has 2 N–H and O–H groups in total. The number of benzene rings is 1. The molecule has 6 heteroatoms. The summed E-state index contributed by atoms with van der Waals surface area (Å²) in [6.45, 7) is 4.56. The molecule has 0 atom stereocenters. The molecule has 0 spiro atoms. The highest BCUT2D eigenvalue weighted by molar-refractivity contribution is 5.77. The Morgan fingerprint density at radius 2 is 1.91 bits per heavy atom. The fourth-order valence-electron chi connectivity index (χ4n) is 1.79. The lowest BCUT2D eigenvalue weighted by molar-refractivity contribution is -0.147. The first-order chi connectivity index (χ1) is 10.7. The summed E-state index contributed by atoms with van der Waals surface area (Å²) >= 11 is 0. The second-order valence-electron chi connectivity index (χ2n) is 6.30. The molecule has 128 valence electrons. The minimum absolute atomic E-state index is 0.00391. The SMILES string of the molecule is CN(C)C(=O)COc1ccccc1CNCCC(C)(C)C(=O)O. The largest absolute Gasteiger partial charge is 0.483 e. The standard InChI is InChI=1S/C17H26N2O4/c1-17(2,16(21)22)9-10-18-11-13-7-5-6-8-14(13)23-12-15(20)19(3)4/h5-8,18H,9-12H2,1-4H3,(H,21,22). The quantitative estimate of drug-likeness (QED) is 0.677. The van der Waals surface area contributed by atoms with E-state index in [1.54, 1.807) is 27.9 Å². The van der Waals surface area contributed by atoms with Crippen LogP contribution < -0.4 is 10.1 Å². The van der Waals surface area contributed by atoms with E-state index in [0.717, 1.165) is 5.56 Å². The van der Waals surface area contributed by atoms with Crippen molar-refractivity contribution < 1.29 is 19.4 Å². The van der Waals surface area contributed by atoms with Crippen LogP contribution in [0.1, 0.15) is 25.8 Å². The molecule has 0 aromatic heterocycles. The summed E-state index contributed by atoms with van der Waals surface area (Å²) in [5, 5.41) is 12.3. The van der Waals surface area contributed by atoms with Crippen LogP contribution in [0, 0.1) is 5.41 Å². The van der Waals surface area contributed by atoms with Gasteiger partial charge in [0, 0.05) is 26.2 Å². The van der Waals surface area contributed by atoms with Gasteiger partial charge in [0.05, 0.1) is 5.41 Å². The number of nitrogens with one attached hydrogen (secondary N) is 1. The van der Waals surface area contributed by atoms with Gasteiger partial charge in [-0.25, -0.2) is 0 Å². The number of carboxylic acids is 1. The highest BCUT2D eigenvalue weighted by Gasteiger charge is 2.26. The van der Waals surface area contributed by atoms with Gasteiger partial charge < -0.3 is 20.1 Å². The summed E-state index contributed by atoms with van der Waals surface area (Å²) in [6.07, 6.45) is 0.532. The second kappa shape index (κ2) is 8.53. The summed E-state index contributed by atoms with van der Waals surface area (Å²) in [5.41, 5.74) is 0.188. The van der Waals surface area contributed by atoms with Crippen molar-refractivity contribution in [2.75, 3.05) is 27.2 Å². The maximum Gasteiger partial charge on any atom is 0.309 e. The zero-order chi connectivity index (χ0) is 17.5. The summed E-state index contributed by atoms with van der Waals surface area (Å²) in [4.78, 5) is 24.1. The third-order valence-corrected chi connectivity index (χ3v) is 3.64. The predicted molar refractivity (Wildman–Crippen MR) is 88.4 cm³/mol. The van der Waals surface area contributed by atoms with Crippen LogP contribution in [-0.2, 0) is 16.1 Å². The molecule has 0 aliphatic carbocycles. The lowest BCUT2D eigenvalue weighted by Crippen LogP contribution is -2.29. The van der Waals surface area contributed by atoms with Gasteiger partial charge in [-0.3, -0.25) is 9.59 Å². The molecular weight excluding hydrogens is 296 g/mol. The number of carbonyl (C=O) groups excluding carboxylic acids is 1. The number of nitrogens with zero attached hydrogens (tertiary/aromatic N) is 1. The number of ether oxygens (including phenoxy) is 1. The van der Waals surface area contributed by atoms with Gasteiger partial charge in [0.25, 0.3) is 5.91 Å². The average molecular weight is 322 g/mol. The lowest BCUT2D eigenvalue weighted by Gasteiger charge is -2.19. The monoisotopic (exact) mass is 322 g/mol. The molecule has 0 saturated heterocycles. The average Bonchev–Trinajstić information content (AvgIpc) is 2.49. The van der Waals surface area contributed by atoms with Gasteiger partial charge in [-0.1, -0.05) is 18.2 Å². The molecule has 0 fully saturated rings. The maximum absolute atomic E-state index is 11.6. The van der Waals surface area contributed by atoms with Crippen LogP contribution >= 0.6 is 0 Å². The van der Waals surface area contributed by atoms with Crippen molar-refractivity contribution in [3.63, 3.8) is 0 Å². The summed E-state index contributed by atoms with van der Waals surface area (Å²) in [7, 11) is 3.37. The summed E-state index contributed by atoms with van der Waals surface area (Å²) in [6, 6.07) is 7.50. The Morgan fingerprint density at radius 1 is 1.26 bits per heavy atom. The number of hydrogen-bond donors (Lipinski definition) is 2. The fourth-order valence-corrected chi connectivity index (χ4v) is 1.79. The number of carboxylic acid groups (broad SMARTS) is 1.